The van der Waals surface area contributed by atoms with Crippen LogP contribution in [-0.2, 0) is 9.59 Å². The standard InChI is InChI=1S/C8H17N3O2/c1-3-11(4-2)8(13)7(12)10-6-5-9/h3-6,9H2,1-2H3,(H,10,12). The summed E-state index contributed by atoms with van der Waals surface area (Å²) in [7, 11) is 0. The lowest BCUT2D eigenvalue weighted by atomic mass is 10.4. The molecule has 0 aliphatic rings. The lowest BCUT2D eigenvalue weighted by Crippen LogP contribution is -2.44. The summed E-state index contributed by atoms with van der Waals surface area (Å²) in [6.07, 6.45) is 0. The second-order valence-corrected chi connectivity index (χ2v) is 2.52. The molecular weight excluding hydrogens is 170 g/mol. The number of likely N-dealkylation sites (N-methyl/N-ethyl adjacent to an activating group) is 1. The monoisotopic (exact) mass is 187 g/mol. The third-order valence-corrected chi connectivity index (χ3v) is 1.67. The first-order valence-electron chi connectivity index (χ1n) is 4.44. The molecule has 0 aliphatic heterocycles. The molecule has 0 radical (unpaired) electrons. The molecule has 76 valence electrons. The van der Waals surface area contributed by atoms with Gasteiger partial charge in [0.25, 0.3) is 0 Å². The van der Waals surface area contributed by atoms with Crippen LogP contribution in [0.5, 0.6) is 0 Å². The van der Waals surface area contributed by atoms with Crippen molar-refractivity contribution in [3.63, 3.8) is 0 Å². The average molecular weight is 187 g/mol. The highest BCUT2D eigenvalue weighted by Crippen LogP contribution is 1.88. The molecule has 0 aromatic carbocycles. The number of hydrogen-bond acceptors (Lipinski definition) is 3. The van der Waals surface area contributed by atoms with Crippen LogP contribution < -0.4 is 11.1 Å². The zero-order valence-corrected chi connectivity index (χ0v) is 8.17. The maximum atomic E-state index is 11.3. The van der Waals surface area contributed by atoms with E-state index in [4.69, 9.17) is 5.73 Å². The van der Waals surface area contributed by atoms with Crippen LogP contribution in [0.1, 0.15) is 13.8 Å². The number of nitrogens with zero attached hydrogens (tertiary/aromatic N) is 1. The van der Waals surface area contributed by atoms with Gasteiger partial charge in [0.15, 0.2) is 0 Å². The first-order chi connectivity index (χ1) is 6.17. The summed E-state index contributed by atoms with van der Waals surface area (Å²) in [5.74, 6) is -1.06. The summed E-state index contributed by atoms with van der Waals surface area (Å²) < 4.78 is 0. The van der Waals surface area contributed by atoms with E-state index in [-0.39, 0.29) is 0 Å². The van der Waals surface area contributed by atoms with Crippen LogP contribution >= 0.6 is 0 Å². The zero-order chi connectivity index (χ0) is 10.3. The van der Waals surface area contributed by atoms with Crippen LogP contribution in [0.4, 0.5) is 0 Å². The molecule has 0 aliphatic carbocycles. The minimum absolute atomic E-state index is 0.339. The summed E-state index contributed by atoms with van der Waals surface area (Å²) in [5.41, 5.74) is 5.18. The average Bonchev–Trinajstić information content (AvgIpc) is 2.15. The van der Waals surface area contributed by atoms with Gasteiger partial charge in [-0.2, -0.15) is 0 Å². The number of hydrogen-bond donors (Lipinski definition) is 2. The van der Waals surface area contributed by atoms with Crippen molar-refractivity contribution >= 4 is 11.8 Å². The van der Waals surface area contributed by atoms with Gasteiger partial charge < -0.3 is 16.0 Å². The highest BCUT2D eigenvalue weighted by Gasteiger charge is 2.17. The molecule has 2 amide bonds. The maximum absolute atomic E-state index is 11.3. The predicted molar refractivity (Wildman–Crippen MR) is 50.0 cm³/mol. The Kier molecular flexibility index (Phi) is 5.88. The first-order valence-corrected chi connectivity index (χ1v) is 4.44. The second-order valence-electron chi connectivity index (χ2n) is 2.52. The normalized spacial score (nSPS) is 9.46. The Labute approximate surface area is 78.3 Å². The molecule has 13 heavy (non-hydrogen) atoms. The Hall–Kier alpha value is -1.10. The van der Waals surface area contributed by atoms with Crippen LogP contribution in [-0.4, -0.2) is 42.9 Å². The van der Waals surface area contributed by atoms with Crippen LogP contribution in [0.15, 0.2) is 0 Å². The number of amides is 2. The Balaban J connectivity index is 4.00. The van der Waals surface area contributed by atoms with E-state index in [1.807, 2.05) is 13.8 Å². The molecular formula is C8H17N3O2. The van der Waals surface area contributed by atoms with E-state index < -0.39 is 11.8 Å². The summed E-state index contributed by atoms with van der Waals surface area (Å²) in [5, 5.41) is 2.43. The highest BCUT2D eigenvalue weighted by molar-refractivity contribution is 6.34. The fourth-order valence-electron chi connectivity index (χ4n) is 0.916. The summed E-state index contributed by atoms with van der Waals surface area (Å²) >= 11 is 0. The summed E-state index contributed by atoms with van der Waals surface area (Å²) in [4.78, 5) is 23.9. The molecule has 0 rings (SSSR count). The fraction of sp³-hybridized carbons (Fsp3) is 0.750. The molecule has 0 spiro atoms. The molecule has 0 atom stereocenters. The van der Waals surface area contributed by atoms with Gasteiger partial charge >= 0.3 is 11.8 Å². The molecule has 5 nitrogen and oxygen atoms in total. The van der Waals surface area contributed by atoms with Crippen molar-refractivity contribution in [1.82, 2.24) is 10.2 Å². The van der Waals surface area contributed by atoms with Gasteiger partial charge in [-0.05, 0) is 13.8 Å². The third kappa shape index (κ3) is 3.89. The largest absolute Gasteiger partial charge is 0.347 e. The molecule has 0 heterocycles. The molecule has 0 aromatic heterocycles. The number of carbonyl (C=O) groups is 2. The van der Waals surface area contributed by atoms with Crippen LogP contribution in [0.3, 0.4) is 0 Å². The van der Waals surface area contributed by atoms with Crippen LogP contribution in [0, 0.1) is 0 Å². The topological polar surface area (TPSA) is 75.4 Å². The molecule has 5 heteroatoms. The van der Waals surface area contributed by atoms with Gasteiger partial charge in [-0.15, -0.1) is 0 Å². The molecule has 3 N–H and O–H groups in total. The predicted octanol–water partition coefficient (Wildman–Crippen LogP) is -1.07. The van der Waals surface area contributed by atoms with Gasteiger partial charge in [0.2, 0.25) is 0 Å². The van der Waals surface area contributed by atoms with E-state index in [9.17, 15) is 9.59 Å². The van der Waals surface area contributed by atoms with Crippen molar-refractivity contribution in [1.29, 1.82) is 0 Å². The van der Waals surface area contributed by atoms with E-state index in [0.717, 1.165) is 0 Å². The number of nitrogens with two attached hydrogens (primary N) is 1. The number of nitrogens with one attached hydrogen (secondary N) is 1. The van der Waals surface area contributed by atoms with Gasteiger partial charge in [-0.3, -0.25) is 9.59 Å². The molecule has 0 unspecified atom stereocenters. The lowest BCUT2D eigenvalue weighted by Gasteiger charge is -2.17. The molecule has 0 bridgehead atoms. The first kappa shape index (κ1) is 11.9. The Morgan fingerprint density at radius 2 is 1.85 bits per heavy atom. The van der Waals surface area contributed by atoms with Crippen molar-refractivity contribution < 1.29 is 9.59 Å². The van der Waals surface area contributed by atoms with Crippen molar-refractivity contribution in [2.24, 2.45) is 5.73 Å². The van der Waals surface area contributed by atoms with Crippen LogP contribution in [0.2, 0.25) is 0 Å². The van der Waals surface area contributed by atoms with Gasteiger partial charge in [-0.1, -0.05) is 0 Å². The van der Waals surface area contributed by atoms with E-state index in [1.54, 1.807) is 0 Å². The minimum atomic E-state index is -0.575. The summed E-state index contributed by atoms with van der Waals surface area (Å²) in [6.45, 7) is 5.44. The van der Waals surface area contributed by atoms with Crippen molar-refractivity contribution in [3.05, 3.63) is 0 Å². The van der Waals surface area contributed by atoms with Crippen molar-refractivity contribution in [2.45, 2.75) is 13.8 Å². The molecule has 0 fully saturated rings. The van der Waals surface area contributed by atoms with Crippen molar-refractivity contribution in [3.8, 4) is 0 Å². The Morgan fingerprint density at radius 1 is 1.31 bits per heavy atom. The zero-order valence-electron chi connectivity index (χ0n) is 8.17. The SMILES string of the molecule is CCN(CC)C(=O)C(=O)NCCN. The number of rotatable bonds is 4. The number of carbonyl (C=O) groups excluding carboxylic acids is 2. The van der Waals surface area contributed by atoms with E-state index in [2.05, 4.69) is 5.32 Å². The molecule has 0 saturated heterocycles. The van der Waals surface area contributed by atoms with Gasteiger partial charge in [0.1, 0.15) is 0 Å². The van der Waals surface area contributed by atoms with Gasteiger partial charge in [-0.25, -0.2) is 0 Å². The van der Waals surface area contributed by atoms with E-state index in [1.165, 1.54) is 4.90 Å². The Morgan fingerprint density at radius 3 is 2.23 bits per heavy atom. The maximum Gasteiger partial charge on any atom is 0.311 e. The summed E-state index contributed by atoms with van der Waals surface area (Å²) in [6, 6.07) is 0. The van der Waals surface area contributed by atoms with Gasteiger partial charge in [0.05, 0.1) is 0 Å². The Bertz CT molecular complexity index is 178. The van der Waals surface area contributed by atoms with Crippen molar-refractivity contribution in [2.75, 3.05) is 26.2 Å². The molecule has 0 saturated carbocycles. The third-order valence-electron chi connectivity index (χ3n) is 1.67. The fourth-order valence-corrected chi connectivity index (χ4v) is 0.916. The minimum Gasteiger partial charge on any atom is -0.347 e. The second kappa shape index (κ2) is 6.42. The van der Waals surface area contributed by atoms with E-state index >= 15 is 0 Å². The molecule has 0 aromatic rings. The van der Waals surface area contributed by atoms with Gasteiger partial charge in [0, 0.05) is 26.2 Å². The van der Waals surface area contributed by atoms with Crippen LogP contribution in [0.25, 0.3) is 0 Å². The van der Waals surface area contributed by atoms with E-state index in [0.29, 0.717) is 26.2 Å². The smallest absolute Gasteiger partial charge is 0.311 e. The quantitative estimate of drug-likeness (QED) is 0.550. The lowest BCUT2D eigenvalue weighted by molar-refractivity contribution is -0.145. The highest BCUT2D eigenvalue weighted by atomic mass is 16.2.